The van der Waals surface area contributed by atoms with Gasteiger partial charge in [-0.25, -0.2) is 4.79 Å². The van der Waals surface area contributed by atoms with E-state index in [4.69, 9.17) is 9.52 Å². The summed E-state index contributed by atoms with van der Waals surface area (Å²) in [6.07, 6.45) is 0.171. The summed E-state index contributed by atoms with van der Waals surface area (Å²) >= 11 is 0. The lowest BCUT2D eigenvalue weighted by Crippen LogP contribution is -2.35. The Hall–Kier alpha value is -1.78. The minimum atomic E-state index is -1.03. The van der Waals surface area contributed by atoms with E-state index >= 15 is 0 Å². The second-order valence-electron chi connectivity index (χ2n) is 3.64. The molecule has 0 spiro atoms. The molecule has 0 radical (unpaired) electrons. The van der Waals surface area contributed by atoms with Crippen LogP contribution in [0.4, 0.5) is 0 Å². The minimum absolute atomic E-state index is 0.171. The van der Waals surface area contributed by atoms with Crippen molar-refractivity contribution in [1.29, 1.82) is 0 Å². The van der Waals surface area contributed by atoms with Crippen LogP contribution in [0.3, 0.4) is 0 Å². The average molecular weight is 209 g/mol. The number of carboxylic acid groups (broad SMARTS) is 1. The summed E-state index contributed by atoms with van der Waals surface area (Å²) in [5.41, 5.74) is 0. The number of aryl methyl sites for hydroxylation is 1. The van der Waals surface area contributed by atoms with Gasteiger partial charge in [-0.3, -0.25) is 4.79 Å². The summed E-state index contributed by atoms with van der Waals surface area (Å²) in [5, 5.41) is 11.3. The van der Waals surface area contributed by atoms with Gasteiger partial charge in [-0.1, -0.05) is 0 Å². The Balaban J connectivity index is 2.27. The van der Waals surface area contributed by atoms with Crippen LogP contribution in [0.1, 0.15) is 23.9 Å². The quantitative estimate of drug-likeness (QED) is 0.749. The van der Waals surface area contributed by atoms with E-state index in [-0.39, 0.29) is 12.3 Å². The summed E-state index contributed by atoms with van der Waals surface area (Å²) in [7, 11) is 0. The summed E-state index contributed by atoms with van der Waals surface area (Å²) in [6, 6.07) is 2.61. The van der Waals surface area contributed by atoms with E-state index in [0.29, 0.717) is 11.5 Å². The molecule has 0 aromatic carbocycles. The average Bonchev–Trinajstić information content (AvgIpc) is 2.71. The van der Waals surface area contributed by atoms with E-state index < -0.39 is 17.9 Å². The van der Waals surface area contributed by atoms with E-state index in [2.05, 4.69) is 5.32 Å². The van der Waals surface area contributed by atoms with Crippen LogP contribution < -0.4 is 5.32 Å². The molecular formula is C10H11NO4. The molecule has 1 aromatic heterocycles. The molecule has 0 aliphatic carbocycles. The van der Waals surface area contributed by atoms with Gasteiger partial charge in [0.1, 0.15) is 17.6 Å². The molecule has 1 saturated heterocycles. The van der Waals surface area contributed by atoms with Gasteiger partial charge in [0.15, 0.2) is 0 Å². The number of rotatable bonds is 2. The Morgan fingerprint density at radius 2 is 2.33 bits per heavy atom. The summed E-state index contributed by atoms with van der Waals surface area (Å²) in [4.78, 5) is 22.0. The van der Waals surface area contributed by atoms with Crippen molar-refractivity contribution in [2.75, 3.05) is 0 Å². The van der Waals surface area contributed by atoms with Gasteiger partial charge in [-0.05, 0) is 19.1 Å². The van der Waals surface area contributed by atoms with Crippen LogP contribution in [-0.2, 0) is 9.59 Å². The van der Waals surface area contributed by atoms with Crippen LogP contribution >= 0.6 is 0 Å². The molecule has 15 heavy (non-hydrogen) atoms. The summed E-state index contributed by atoms with van der Waals surface area (Å²) in [6.45, 7) is 1.78. The van der Waals surface area contributed by atoms with Crippen LogP contribution in [0.5, 0.6) is 0 Å². The van der Waals surface area contributed by atoms with Crippen molar-refractivity contribution >= 4 is 11.9 Å². The molecule has 2 atom stereocenters. The van der Waals surface area contributed by atoms with Crippen molar-refractivity contribution in [2.45, 2.75) is 25.3 Å². The van der Waals surface area contributed by atoms with Crippen LogP contribution in [0.25, 0.3) is 0 Å². The number of hydrogen-bond donors (Lipinski definition) is 2. The molecule has 0 saturated carbocycles. The minimum Gasteiger partial charge on any atom is -0.480 e. The number of nitrogens with one attached hydrogen (secondary N) is 1. The number of carbonyl (C=O) groups is 2. The lowest BCUT2D eigenvalue weighted by atomic mass is 9.98. The van der Waals surface area contributed by atoms with Crippen LogP contribution in [0.2, 0.25) is 0 Å². The molecule has 1 aliphatic rings. The molecule has 5 heteroatoms. The van der Waals surface area contributed by atoms with Gasteiger partial charge in [0, 0.05) is 6.42 Å². The number of amides is 1. The number of carboxylic acids is 1. The first-order chi connectivity index (χ1) is 7.08. The van der Waals surface area contributed by atoms with Crippen LogP contribution in [-0.4, -0.2) is 23.0 Å². The van der Waals surface area contributed by atoms with Gasteiger partial charge in [0.25, 0.3) is 0 Å². The fraction of sp³-hybridized carbons (Fsp3) is 0.400. The fourth-order valence-electron chi connectivity index (χ4n) is 1.80. The number of hydrogen-bond acceptors (Lipinski definition) is 3. The highest BCUT2D eigenvalue weighted by atomic mass is 16.4. The smallest absolute Gasteiger partial charge is 0.326 e. The monoisotopic (exact) mass is 209 g/mol. The first-order valence-electron chi connectivity index (χ1n) is 4.66. The normalized spacial score (nSPS) is 25.3. The van der Waals surface area contributed by atoms with Gasteiger partial charge < -0.3 is 14.8 Å². The standard InChI is InChI=1S/C10H11NO4/c1-5-2-3-7(15-5)6-4-8(12)11-9(6)10(13)14/h2-3,6,9H,4H2,1H3,(H,11,12)(H,13,14)/t6-,9+/m0/s1. The lowest BCUT2D eigenvalue weighted by molar-refractivity contribution is -0.140. The highest BCUT2D eigenvalue weighted by Gasteiger charge is 2.40. The maximum absolute atomic E-state index is 11.1. The Bertz CT molecular complexity index is 409. The Labute approximate surface area is 86.1 Å². The molecule has 2 N–H and O–H groups in total. The van der Waals surface area contributed by atoms with Crippen molar-refractivity contribution in [1.82, 2.24) is 5.32 Å². The van der Waals surface area contributed by atoms with Gasteiger partial charge in [-0.2, -0.15) is 0 Å². The number of aliphatic carboxylic acids is 1. The third kappa shape index (κ3) is 1.72. The molecule has 0 bridgehead atoms. The second-order valence-corrected chi connectivity index (χ2v) is 3.64. The second kappa shape index (κ2) is 3.42. The molecule has 1 amide bonds. The van der Waals surface area contributed by atoms with E-state index in [1.807, 2.05) is 0 Å². The summed E-state index contributed by atoms with van der Waals surface area (Å²) < 4.78 is 5.34. The molecule has 5 nitrogen and oxygen atoms in total. The predicted octanol–water partition coefficient (Wildman–Crippen LogP) is 0.645. The predicted molar refractivity (Wildman–Crippen MR) is 50.4 cm³/mol. The third-order valence-corrected chi connectivity index (χ3v) is 2.52. The van der Waals surface area contributed by atoms with Crippen LogP contribution in [0, 0.1) is 6.92 Å². The van der Waals surface area contributed by atoms with E-state index in [1.54, 1.807) is 19.1 Å². The van der Waals surface area contributed by atoms with Crippen molar-refractivity contribution < 1.29 is 19.1 Å². The molecule has 80 valence electrons. The maximum atomic E-state index is 11.1. The fourth-order valence-corrected chi connectivity index (χ4v) is 1.80. The van der Waals surface area contributed by atoms with Crippen LogP contribution in [0.15, 0.2) is 16.5 Å². The van der Waals surface area contributed by atoms with Gasteiger partial charge in [0.2, 0.25) is 5.91 Å². The van der Waals surface area contributed by atoms with Crippen molar-refractivity contribution in [3.63, 3.8) is 0 Å². The first kappa shape index (κ1) is 9.76. The van der Waals surface area contributed by atoms with E-state index in [1.165, 1.54) is 0 Å². The molecule has 2 heterocycles. The van der Waals surface area contributed by atoms with Gasteiger partial charge in [-0.15, -0.1) is 0 Å². The zero-order valence-electron chi connectivity index (χ0n) is 8.19. The summed E-state index contributed by atoms with van der Waals surface area (Å²) in [5.74, 6) is -0.406. The molecule has 2 rings (SSSR count). The van der Waals surface area contributed by atoms with Gasteiger partial charge in [0.05, 0.1) is 5.92 Å². The SMILES string of the molecule is Cc1ccc([C@@H]2CC(=O)N[C@H]2C(=O)O)o1. The number of carbonyl (C=O) groups excluding carboxylic acids is 1. The molecule has 1 aromatic rings. The number of furan rings is 1. The zero-order chi connectivity index (χ0) is 11.0. The Kier molecular flexibility index (Phi) is 2.22. The first-order valence-corrected chi connectivity index (χ1v) is 4.66. The van der Waals surface area contributed by atoms with Crippen molar-refractivity contribution in [2.24, 2.45) is 0 Å². The molecule has 1 aliphatic heterocycles. The highest BCUT2D eigenvalue weighted by Crippen LogP contribution is 2.29. The molecule has 1 fully saturated rings. The van der Waals surface area contributed by atoms with Crippen molar-refractivity contribution in [3.05, 3.63) is 23.7 Å². The molecule has 0 unspecified atom stereocenters. The maximum Gasteiger partial charge on any atom is 0.326 e. The topological polar surface area (TPSA) is 79.5 Å². The van der Waals surface area contributed by atoms with E-state index in [9.17, 15) is 9.59 Å². The molecular weight excluding hydrogens is 198 g/mol. The largest absolute Gasteiger partial charge is 0.480 e. The Morgan fingerprint density at radius 3 is 2.87 bits per heavy atom. The van der Waals surface area contributed by atoms with E-state index in [0.717, 1.165) is 0 Å². The lowest BCUT2D eigenvalue weighted by Gasteiger charge is -2.11. The highest BCUT2D eigenvalue weighted by molar-refractivity contribution is 5.89. The third-order valence-electron chi connectivity index (χ3n) is 2.52. The van der Waals surface area contributed by atoms with Gasteiger partial charge >= 0.3 is 5.97 Å². The van der Waals surface area contributed by atoms with Crippen molar-refractivity contribution in [3.8, 4) is 0 Å². The Morgan fingerprint density at radius 1 is 1.60 bits per heavy atom. The zero-order valence-corrected chi connectivity index (χ0v) is 8.19.